The number of ketones is 1. The standard InChI is InChI=1S/C34H35N7O3/c1-22-7-14-37-25(19-22)20-26(42)23-3-5-24(6-4-23)27-28-29(35)38-15-16-41(28)30(39-27)32-8-10-33(21-32,11-9-32)40-31(43)34(36-2)12-17-44-18-13-34/h3-7,14-16,19H,8-13,17-18,20-21H2,1H3,(H2,35,38)(H,40,43). The molecule has 7 rings (SSSR count). The highest BCUT2D eigenvalue weighted by atomic mass is 16.5. The Morgan fingerprint density at radius 3 is 2.50 bits per heavy atom. The van der Waals surface area contributed by atoms with E-state index in [0.29, 0.717) is 37.4 Å². The van der Waals surface area contributed by atoms with Gasteiger partial charge in [0.2, 0.25) is 0 Å². The summed E-state index contributed by atoms with van der Waals surface area (Å²) in [7, 11) is 0. The first kappa shape index (κ1) is 28.2. The fourth-order valence-corrected chi connectivity index (χ4v) is 7.55. The Balaban J connectivity index is 1.17. The number of anilines is 1. The number of Topliss-reactive ketones (excluding diaryl/α,β-unsaturated/α-hetero) is 1. The second-order valence-electron chi connectivity index (χ2n) is 12.8. The van der Waals surface area contributed by atoms with E-state index in [0.717, 1.165) is 66.0 Å². The van der Waals surface area contributed by atoms with Crippen molar-refractivity contribution >= 4 is 23.0 Å². The molecule has 2 bridgehead atoms. The lowest BCUT2D eigenvalue weighted by Crippen LogP contribution is -2.55. The number of fused-ring (bicyclic) bond motifs is 3. The Hall–Kier alpha value is -4.62. The lowest BCUT2D eigenvalue weighted by atomic mass is 9.83. The zero-order valence-electron chi connectivity index (χ0n) is 24.8. The van der Waals surface area contributed by atoms with Crippen LogP contribution in [0.2, 0.25) is 0 Å². The smallest absolute Gasteiger partial charge is 0.313 e. The minimum atomic E-state index is -1.04. The number of nitrogens with one attached hydrogen (secondary N) is 1. The summed E-state index contributed by atoms with van der Waals surface area (Å²) in [6.07, 6.45) is 10.6. The van der Waals surface area contributed by atoms with E-state index in [1.807, 2.05) is 49.5 Å². The highest BCUT2D eigenvalue weighted by Gasteiger charge is 2.59. The fraction of sp³-hybridized carbons (Fsp3) is 0.412. The molecule has 10 heteroatoms. The molecule has 4 heterocycles. The molecule has 0 spiro atoms. The van der Waals surface area contributed by atoms with Crippen LogP contribution in [0.15, 0.2) is 55.0 Å². The number of imidazole rings is 1. The molecule has 0 radical (unpaired) electrons. The largest absolute Gasteiger partial charge is 0.382 e. The van der Waals surface area contributed by atoms with Crippen molar-refractivity contribution in [3.63, 3.8) is 0 Å². The number of pyridine rings is 1. The highest BCUT2D eigenvalue weighted by Crippen LogP contribution is 2.58. The minimum Gasteiger partial charge on any atom is -0.382 e. The van der Waals surface area contributed by atoms with E-state index in [4.69, 9.17) is 22.0 Å². The molecule has 3 aromatic heterocycles. The van der Waals surface area contributed by atoms with Crippen molar-refractivity contribution in [1.82, 2.24) is 24.7 Å². The molecule has 44 heavy (non-hydrogen) atoms. The van der Waals surface area contributed by atoms with Gasteiger partial charge in [-0.05, 0) is 56.7 Å². The summed E-state index contributed by atoms with van der Waals surface area (Å²) in [4.78, 5) is 44.3. The summed E-state index contributed by atoms with van der Waals surface area (Å²) < 4.78 is 7.50. The first-order chi connectivity index (χ1) is 21.3. The van der Waals surface area contributed by atoms with Crippen molar-refractivity contribution in [3.05, 3.63) is 89.1 Å². The minimum absolute atomic E-state index is 0.00107. The van der Waals surface area contributed by atoms with E-state index in [1.54, 1.807) is 12.4 Å². The number of carbonyl (C=O) groups excluding carboxylic acids is 2. The molecule has 224 valence electrons. The molecule has 0 atom stereocenters. The highest BCUT2D eigenvalue weighted by molar-refractivity contribution is 5.98. The maximum atomic E-state index is 13.5. The van der Waals surface area contributed by atoms with Crippen molar-refractivity contribution in [1.29, 1.82) is 0 Å². The van der Waals surface area contributed by atoms with Gasteiger partial charge < -0.3 is 15.8 Å². The summed E-state index contributed by atoms with van der Waals surface area (Å²) in [6, 6.07) is 11.3. The Bertz CT molecular complexity index is 1810. The maximum Gasteiger partial charge on any atom is 0.313 e. The van der Waals surface area contributed by atoms with Crippen LogP contribution in [-0.2, 0) is 21.4 Å². The van der Waals surface area contributed by atoms with E-state index in [2.05, 4.69) is 24.5 Å². The number of nitrogens with zero attached hydrogens (tertiary/aromatic N) is 5. The molecule has 2 saturated carbocycles. The van der Waals surface area contributed by atoms with Gasteiger partial charge >= 0.3 is 11.4 Å². The van der Waals surface area contributed by atoms with Gasteiger partial charge in [0.05, 0.1) is 32.5 Å². The summed E-state index contributed by atoms with van der Waals surface area (Å²) in [5.74, 6) is 1.14. The molecule has 1 aliphatic heterocycles. The molecule has 1 aromatic carbocycles. The summed E-state index contributed by atoms with van der Waals surface area (Å²) in [5.41, 5.74) is 9.56. The zero-order valence-corrected chi connectivity index (χ0v) is 24.8. The third-order valence-electron chi connectivity index (χ3n) is 10.0. The Labute approximate surface area is 255 Å². The third-order valence-corrected chi connectivity index (χ3v) is 10.0. The van der Waals surface area contributed by atoms with Gasteiger partial charge in [0.1, 0.15) is 22.9 Å². The van der Waals surface area contributed by atoms with Crippen molar-refractivity contribution in [2.45, 2.75) is 74.8 Å². The molecule has 3 aliphatic rings. The molecule has 4 aromatic rings. The topological polar surface area (TPSA) is 129 Å². The Kier molecular flexibility index (Phi) is 6.74. The lowest BCUT2D eigenvalue weighted by molar-refractivity contribution is -0.129. The van der Waals surface area contributed by atoms with Crippen LogP contribution in [0.5, 0.6) is 0 Å². The number of benzene rings is 1. The van der Waals surface area contributed by atoms with Crippen LogP contribution in [0.1, 0.15) is 72.4 Å². The molecule has 3 N–H and O–H groups in total. The van der Waals surface area contributed by atoms with Crippen LogP contribution in [0.25, 0.3) is 21.6 Å². The first-order valence-corrected chi connectivity index (χ1v) is 15.2. The SMILES string of the molecule is [C-]#[N+]C1(C(=O)NC23CCC(c4nc(-c5ccc(C(=O)Cc6cc(C)ccn6)cc5)c5c(N)nccn45)(CC2)C3)CCOCC1. The van der Waals surface area contributed by atoms with Crippen LogP contribution in [0.4, 0.5) is 5.82 Å². The number of aryl methyl sites for hydroxylation is 1. The molecule has 2 aliphatic carbocycles. The van der Waals surface area contributed by atoms with E-state index >= 15 is 0 Å². The van der Waals surface area contributed by atoms with Gasteiger partial charge in [-0.3, -0.25) is 23.8 Å². The summed E-state index contributed by atoms with van der Waals surface area (Å²) in [6.45, 7) is 10.7. The molecule has 1 saturated heterocycles. The van der Waals surface area contributed by atoms with Crippen molar-refractivity contribution < 1.29 is 14.3 Å². The quantitative estimate of drug-likeness (QED) is 0.237. The number of amides is 1. The van der Waals surface area contributed by atoms with Crippen LogP contribution in [-0.4, -0.2) is 55.3 Å². The second-order valence-corrected chi connectivity index (χ2v) is 12.8. The normalized spacial score (nSPS) is 23.8. The van der Waals surface area contributed by atoms with Gasteiger partial charge in [0, 0.05) is 46.4 Å². The van der Waals surface area contributed by atoms with Gasteiger partial charge in [-0.25, -0.2) is 16.5 Å². The predicted molar refractivity (Wildman–Crippen MR) is 165 cm³/mol. The van der Waals surface area contributed by atoms with Crippen molar-refractivity contribution in [2.75, 3.05) is 18.9 Å². The Morgan fingerprint density at radius 2 is 1.80 bits per heavy atom. The average Bonchev–Trinajstić information content (AvgIpc) is 3.73. The predicted octanol–water partition coefficient (Wildman–Crippen LogP) is 4.65. The maximum absolute atomic E-state index is 13.5. The van der Waals surface area contributed by atoms with Crippen LogP contribution in [0.3, 0.4) is 0 Å². The van der Waals surface area contributed by atoms with Gasteiger partial charge in [0.25, 0.3) is 0 Å². The van der Waals surface area contributed by atoms with Crippen molar-refractivity contribution in [3.8, 4) is 11.3 Å². The Morgan fingerprint density at radius 1 is 1.05 bits per heavy atom. The third kappa shape index (κ3) is 4.63. The number of hydrogen-bond donors (Lipinski definition) is 2. The van der Waals surface area contributed by atoms with Crippen LogP contribution in [0, 0.1) is 13.5 Å². The van der Waals surface area contributed by atoms with E-state index < -0.39 is 5.54 Å². The molecule has 3 fully saturated rings. The van der Waals surface area contributed by atoms with Crippen LogP contribution < -0.4 is 11.1 Å². The number of ether oxygens (including phenoxy) is 1. The first-order valence-electron chi connectivity index (χ1n) is 15.2. The zero-order chi connectivity index (χ0) is 30.5. The molecule has 10 nitrogen and oxygen atoms in total. The number of rotatable bonds is 7. The van der Waals surface area contributed by atoms with Gasteiger partial charge in [-0.15, -0.1) is 0 Å². The van der Waals surface area contributed by atoms with Crippen molar-refractivity contribution in [2.24, 2.45) is 0 Å². The molecular weight excluding hydrogens is 554 g/mol. The second kappa shape index (κ2) is 10.5. The number of aromatic nitrogens is 4. The van der Waals surface area contributed by atoms with Gasteiger partial charge in [-0.1, -0.05) is 24.3 Å². The summed E-state index contributed by atoms with van der Waals surface area (Å²) >= 11 is 0. The average molecular weight is 590 g/mol. The van der Waals surface area contributed by atoms with Crippen LogP contribution >= 0.6 is 0 Å². The van der Waals surface area contributed by atoms with E-state index in [9.17, 15) is 9.59 Å². The molecular formula is C34H35N7O3. The number of nitrogens with two attached hydrogens (primary N) is 1. The summed E-state index contributed by atoms with van der Waals surface area (Å²) in [5, 5.41) is 3.36. The molecule has 0 unspecified atom stereocenters. The molecule has 1 amide bonds. The van der Waals surface area contributed by atoms with Gasteiger partial charge in [0.15, 0.2) is 5.78 Å². The monoisotopic (exact) mass is 589 g/mol. The van der Waals surface area contributed by atoms with Gasteiger partial charge in [-0.2, -0.15) is 0 Å². The number of hydrogen-bond acceptors (Lipinski definition) is 7. The lowest BCUT2D eigenvalue weighted by Gasteiger charge is -2.32. The van der Waals surface area contributed by atoms with E-state index in [-0.39, 0.29) is 29.1 Å². The number of nitrogen functional groups attached to an aromatic ring is 1. The number of carbonyl (C=O) groups is 2. The fourth-order valence-electron chi connectivity index (χ4n) is 7.55. The van der Waals surface area contributed by atoms with E-state index in [1.165, 1.54) is 0 Å².